The maximum atomic E-state index is 10.6. The van der Waals surface area contributed by atoms with Crippen LogP contribution in [0.3, 0.4) is 0 Å². The van der Waals surface area contributed by atoms with Crippen molar-refractivity contribution in [3.8, 4) is 0 Å². The number of primary amides is 1. The van der Waals surface area contributed by atoms with Gasteiger partial charge in [-0.15, -0.1) is 0 Å². The fraction of sp³-hybridized carbons (Fsp3) is 0.333. The predicted molar refractivity (Wildman–Crippen MR) is 38.4 cm³/mol. The monoisotopic (exact) mass is 158 g/mol. The number of aliphatic hydroxyl groups is 1. The van der Waals surface area contributed by atoms with Gasteiger partial charge in [-0.05, 0) is 0 Å². The Balaban J connectivity index is 3.60. The average Bonchev–Trinajstić information content (AvgIpc) is 1.97. The lowest BCUT2D eigenvalue weighted by atomic mass is 10.4. The third kappa shape index (κ3) is 6.53. The Hall–Kier alpha value is -1.36. The molecule has 0 aliphatic carbocycles. The van der Waals surface area contributed by atoms with Crippen LogP contribution in [0.1, 0.15) is 0 Å². The molecule has 0 bridgehead atoms. The van der Waals surface area contributed by atoms with Gasteiger partial charge in [-0.2, -0.15) is 0 Å². The summed E-state index contributed by atoms with van der Waals surface area (Å²) in [6.07, 6.45) is 1.96. The van der Waals surface area contributed by atoms with Gasteiger partial charge in [-0.25, -0.2) is 0 Å². The molecule has 62 valence electrons. The maximum Gasteiger partial charge on any atom is 0.244 e. The van der Waals surface area contributed by atoms with Crippen LogP contribution in [0.25, 0.3) is 0 Å². The molecule has 0 atom stereocenters. The molecule has 11 heavy (non-hydrogen) atoms. The van der Waals surface area contributed by atoms with Gasteiger partial charge in [0.05, 0.1) is 6.61 Å². The van der Waals surface area contributed by atoms with Crippen molar-refractivity contribution in [2.45, 2.75) is 0 Å². The number of carbonyl (C=O) groups is 2. The molecule has 0 rings (SSSR count). The summed E-state index contributed by atoms with van der Waals surface area (Å²) in [5.74, 6) is -1.12. The molecule has 0 aliphatic rings. The third-order valence-corrected chi connectivity index (χ3v) is 0.810. The second-order valence-electron chi connectivity index (χ2n) is 1.75. The van der Waals surface area contributed by atoms with Crippen molar-refractivity contribution in [2.75, 3.05) is 13.2 Å². The van der Waals surface area contributed by atoms with Crippen molar-refractivity contribution >= 4 is 11.8 Å². The Morgan fingerprint density at radius 1 is 1.45 bits per heavy atom. The Morgan fingerprint density at radius 3 is 2.55 bits per heavy atom. The third-order valence-electron chi connectivity index (χ3n) is 0.810. The van der Waals surface area contributed by atoms with Gasteiger partial charge in [0.1, 0.15) is 0 Å². The fourth-order valence-corrected chi connectivity index (χ4v) is 0.396. The zero-order valence-electron chi connectivity index (χ0n) is 5.91. The molecule has 0 unspecified atom stereocenters. The van der Waals surface area contributed by atoms with Gasteiger partial charge < -0.3 is 16.2 Å². The highest BCUT2D eigenvalue weighted by molar-refractivity contribution is 5.95. The molecule has 0 fully saturated rings. The molecule has 0 aromatic carbocycles. The van der Waals surface area contributed by atoms with E-state index in [0.717, 1.165) is 12.2 Å². The normalized spacial score (nSPS) is 9.91. The van der Waals surface area contributed by atoms with Crippen molar-refractivity contribution in [1.82, 2.24) is 5.32 Å². The van der Waals surface area contributed by atoms with Crippen molar-refractivity contribution in [3.05, 3.63) is 12.2 Å². The molecule has 5 nitrogen and oxygen atoms in total. The SMILES string of the molecule is NC(=O)C=CC(=O)NCCO. The summed E-state index contributed by atoms with van der Waals surface area (Å²) < 4.78 is 0. The van der Waals surface area contributed by atoms with Crippen molar-refractivity contribution < 1.29 is 14.7 Å². The zero-order valence-corrected chi connectivity index (χ0v) is 5.91. The van der Waals surface area contributed by atoms with E-state index in [0.29, 0.717) is 0 Å². The number of nitrogens with one attached hydrogen (secondary N) is 1. The second-order valence-corrected chi connectivity index (χ2v) is 1.75. The minimum Gasteiger partial charge on any atom is -0.395 e. The molecular formula is C6H10N2O3. The molecule has 0 aromatic heterocycles. The minimum atomic E-state index is -0.677. The highest BCUT2D eigenvalue weighted by Gasteiger charge is 1.92. The van der Waals surface area contributed by atoms with Crippen LogP contribution in [0.4, 0.5) is 0 Å². The molecule has 0 aromatic rings. The Morgan fingerprint density at radius 2 is 2.09 bits per heavy atom. The van der Waals surface area contributed by atoms with Gasteiger partial charge in [-0.3, -0.25) is 9.59 Å². The topological polar surface area (TPSA) is 92.4 Å². The molecule has 0 saturated heterocycles. The molecule has 2 amide bonds. The van der Waals surface area contributed by atoms with E-state index in [4.69, 9.17) is 10.8 Å². The number of hydrogen-bond acceptors (Lipinski definition) is 3. The van der Waals surface area contributed by atoms with Crippen LogP contribution in [0, 0.1) is 0 Å². The smallest absolute Gasteiger partial charge is 0.244 e. The lowest BCUT2D eigenvalue weighted by molar-refractivity contribution is -0.117. The standard InChI is InChI=1S/C6H10N2O3/c7-5(10)1-2-6(11)8-3-4-9/h1-2,9H,3-4H2,(H2,7,10)(H,8,11). The lowest BCUT2D eigenvalue weighted by Crippen LogP contribution is -2.24. The Labute approximate surface area is 63.9 Å². The molecule has 0 heterocycles. The van der Waals surface area contributed by atoms with E-state index in [1.807, 2.05) is 0 Å². The quantitative estimate of drug-likeness (QED) is 0.419. The van der Waals surface area contributed by atoms with Gasteiger partial charge in [0.25, 0.3) is 0 Å². The van der Waals surface area contributed by atoms with E-state index in [9.17, 15) is 9.59 Å². The summed E-state index contributed by atoms with van der Waals surface area (Å²) in [4.78, 5) is 20.7. The van der Waals surface area contributed by atoms with Crippen LogP contribution in [-0.2, 0) is 9.59 Å². The molecule has 5 heteroatoms. The first-order valence-corrected chi connectivity index (χ1v) is 3.03. The van der Waals surface area contributed by atoms with E-state index in [1.54, 1.807) is 0 Å². The molecule has 0 saturated carbocycles. The number of rotatable bonds is 4. The number of carbonyl (C=O) groups excluding carboxylic acids is 2. The lowest BCUT2D eigenvalue weighted by Gasteiger charge is -1.95. The molecule has 4 N–H and O–H groups in total. The van der Waals surface area contributed by atoms with Gasteiger partial charge in [0.2, 0.25) is 11.8 Å². The fourth-order valence-electron chi connectivity index (χ4n) is 0.396. The maximum absolute atomic E-state index is 10.6. The largest absolute Gasteiger partial charge is 0.395 e. The van der Waals surface area contributed by atoms with E-state index in [-0.39, 0.29) is 13.2 Å². The Bertz CT molecular complexity index is 177. The van der Waals surface area contributed by atoms with Gasteiger partial charge >= 0.3 is 0 Å². The molecule has 0 radical (unpaired) electrons. The van der Waals surface area contributed by atoms with Crippen LogP contribution in [0.15, 0.2) is 12.2 Å². The summed E-state index contributed by atoms with van der Waals surface area (Å²) in [5.41, 5.74) is 4.71. The van der Waals surface area contributed by atoms with Crippen molar-refractivity contribution in [1.29, 1.82) is 0 Å². The van der Waals surface area contributed by atoms with Crippen LogP contribution >= 0.6 is 0 Å². The summed E-state index contributed by atoms with van der Waals surface area (Å²) in [6, 6.07) is 0. The summed E-state index contributed by atoms with van der Waals surface area (Å²) in [5, 5.41) is 10.6. The molecular weight excluding hydrogens is 148 g/mol. The van der Waals surface area contributed by atoms with E-state index in [1.165, 1.54) is 0 Å². The van der Waals surface area contributed by atoms with Crippen molar-refractivity contribution in [3.63, 3.8) is 0 Å². The number of aliphatic hydroxyl groups excluding tert-OH is 1. The number of amides is 2. The first-order chi connectivity index (χ1) is 5.16. The first kappa shape index (κ1) is 9.64. The minimum absolute atomic E-state index is 0.129. The molecule has 0 spiro atoms. The van der Waals surface area contributed by atoms with E-state index >= 15 is 0 Å². The number of nitrogens with two attached hydrogens (primary N) is 1. The zero-order chi connectivity index (χ0) is 8.69. The Kier molecular flexibility index (Phi) is 4.76. The molecule has 0 aliphatic heterocycles. The van der Waals surface area contributed by atoms with Crippen molar-refractivity contribution in [2.24, 2.45) is 5.73 Å². The summed E-state index contributed by atoms with van der Waals surface area (Å²) in [7, 11) is 0. The summed E-state index contributed by atoms with van der Waals surface area (Å²) >= 11 is 0. The van der Waals surface area contributed by atoms with Crippen LogP contribution < -0.4 is 11.1 Å². The van der Waals surface area contributed by atoms with Crippen LogP contribution in [-0.4, -0.2) is 30.1 Å². The van der Waals surface area contributed by atoms with Crippen LogP contribution in [0.2, 0.25) is 0 Å². The van der Waals surface area contributed by atoms with E-state index < -0.39 is 11.8 Å². The van der Waals surface area contributed by atoms with Gasteiger partial charge in [0.15, 0.2) is 0 Å². The average molecular weight is 158 g/mol. The first-order valence-electron chi connectivity index (χ1n) is 3.03. The number of hydrogen-bond donors (Lipinski definition) is 3. The predicted octanol–water partition coefficient (Wildman–Crippen LogP) is -1.86. The summed E-state index contributed by atoms with van der Waals surface area (Å²) in [6.45, 7) is 0.0398. The second kappa shape index (κ2) is 5.43. The van der Waals surface area contributed by atoms with Gasteiger partial charge in [0, 0.05) is 18.7 Å². The highest BCUT2D eigenvalue weighted by atomic mass is 16.3. The van der Waals surface area contributed by atoms with Crippen LogP contribution in [0.5, 0.6) is 0 Å². The highest BCUT2D eigenvalue weighted by Crippen LogP contribution is 1.71. The van der Waals surface area contributed by atoms with E-state index in [2.05, 4.69) is 5.32 Å². The van der Waals surface area contributed by atoms with Gasteiger partial charge in [-0.1, -0.05) is 0 Å².